The number of rotatable bonds is 6. The van der Waals surface area contributed by atoms with Crippen molar-refractivity contribution in [3.63, 3.8) is 0 Å². The highest BCUT2D eigenvalue weighted by molar-refractivity contribution is 6.33. The topological polar surface area (TPSA) is 86.6 Å². The normalized spacial score (nSPS) is 11.7. The summed E-state index contributed by atoms with van der Waals surface area (Å²) < 4.78 is 0. The number of hydrogen-bond acceptors (Lipinski definition) is 3. The lowest BCUT2D eigenvalue weighted by Gasteiger charge is -2.17. The smallest absolute Gasteiger partial charge is 0.335 e. The highest BCUT2D eigenvalue weighted by atomic mass is 35.5. The van der Waals surface area contributed by atoms with Crippen LogP contribution in [0, 0.1) is 0 Å². The maximum Gasteiger partial charge on any atom is 0.335 e. The fourth-order valence-corrected chi connectivity index (χ4v) is 2.18. The Bertz CT molecular complexity index is 688. The Morgan fingerprint density at radius 1 is 1.09 bits per heavy atom. The molecule has 2 rings (SSSR count). The molecule has 0 saturated carbocycles. The van der Waals surface area contributed by atoms with Crippen LogP contribution in [0.15, 0.2) is 48.5 Å². The molecule has 0 heterocycles. The first-order valence-electron chi connectivity index (χ1n) is 6.53. The van der Waals surface area contributed by atoms with E-state index in [2.05, 4.69) is 5.32 Å². The lowest BCUT2D eigenvalue weighted by molar-refractivity contribution is -0.137. The van der Waals surface area contributed by atoms with Crippen molar-refractivity contribution in [2.45, 2.75) is 12.5 Å². The van der Waals surface area contributed by atoms with E-state index in [1.165, 1.54) is 18.2 Å². The highest BCUT2D eigenvalue weighted by Crippen LogP contribution is 2.24. The molecular formula is C16H14ClNO4. The van der Waals surface area contributed by atoms with Gasteiger partial charge in [-0.1, -0.05) is 41.9 Å². The number of aliphatic carboxylic acids is 1. The van der Waals surface area contributed by atoms with Crippen LogP contribution in [-0.4, -0.2) is 28.2 Å². The van der Waals surface area contributed by atoms with Gasteiger partial charge in [-0.3, -0.25) is 0 Å². The van der Waals surface area contributed by atoms with E-state index >= 15 is 0 Å². The standard InChI is InChI=1S/C16H14ClNO4/c17-12-7-6-11(15(19)20)9-13(12)18-14(16(21)22)8-10-4-2-1-3-5-10/h1-7,9,14,18H,8H2,(H,19,20)(H,21,22). The first-order valence-corrected chi connectivity index (χ1v) is 6.91. The molecule has 0 aromatic heterocycles. The number of benzene rings is 2. The zero-order valence-corrected chi connectivity index (χ0v) is 12.2. The Balaban J connectivity index is 2.23. The van der Waals surface area contributed by atoms with Crippen LogP contribution in [0.2, 0.25) is 5.02 Å². The number of carbonyl (C=O) groups is 2. The van der Waals surface area contributed by atoms with Gasteiger partial charge in [0.2, 0.25) is 0 Å². The minimum Gasteiger partial charge on any atom is -0.480 e. The third-order valence-electron chi connectivity index (χ3n) is 3.12. The molecule has 0 spiro atoms. The molecule has 0 radical (unpaired) electrons. The molecule has 22 heavy (non-hydrogen) atoms. The number of carboxylic acids is 2. The van der Waals surface area contributed by atoms with Crippen LogP contribution in [0.3, 0.4) is 0 Å². The van der Waals surface area contributed by atoms with Gasteiger partial charge in [-0.25, -0.2) is 9.59 Å². The number of carboxylic acid groups (broad SMARTS) is 2. The van der Waals surface area contributed by atoms with Crippen LogP contribution in [0.25, 0.3) is 0 Å². The molecule has 114 valence electrons. The van der Waals surface area contributed by atoms with Gasteiger partial charge in [0.15, 0.2) is 0 Å². The molecule has 0 aliphatic heterocycles. The number of aromatic carboxylic acids is 1. The predicted molar refractivity (Wildman–Crippen MR) is 83.6 cm³/mol. The van der Waals surface area contributed by atoms with Gasteiger partial charge >= 0.3 is 11.9 Å². The maximum absolute atomic E-state index is 11.4. The van der Waals surface area contributed by atoms with E-state index in [-0.39, 0.29) is 22.7 Å². The van der Waals surface area contributed by atoms with E-state index in [0.29, 0.717) is 0 Å². The van der Waals surface area contributed by atoms with Gasteiger partial charge in [-0.05, 0) is 23.8 Å². The van der Waals surface area contributed by atoms with E-state index in [9.17, 15) is 14.7 Å². The van der Waals surface area contributed by atoms with Crippen LogP contribution in [0.1, 0.15) is 15.9 Å². The summed E-state index contributed by atoms with van der Waals surface area (Å²) in [5.41, 5.74) is 1.17. The Kier molecular flexibility index (Phi) is 5.01. The van der Waals surface area contributed by atoms with Crippen molar-refractivity contribution >= 4 is 29.2 Å². The third-order valence-corrected chi connectivity index (χ3v) is 3.45. The Hall–Kier alpha value is -2.53. The van der Waals surface area contributed by atoms with Crippen LogP contribution in [0.5, 0.6) is 0 Å². The second-order valence-corrected chi connectivity index (χ2v) is 5.13. The molecular weight excluding hydrogens is 306 g/mol. The molecule has 5 nitrogen and oxygen atoms in total. The van der Waals surface area contributed by atoms with E-state index in [0.717, 1.165) is 5.56 Å². The van der Waals surface area contributed by atoms with Crippen LogP contribution in [0.4, 0.5) is 5.69 Å². The third kappa shape index (κ3) is 3.99. The van der Waals surface area contributed by atoms with Crippen LogP contribution in [-0.2, 0) is 11.2 Å². The molecule has 0 aliphatic carbocycles. The summed E-state index contributed by atoms with van der Waals surface area (Å²) >= 11 is 6.00. The molecule has 3 N–H and O–H groups in total. The molecule has 2 aromatic carbocycles. The summed E-state index contributed by atoms with van der Waals surface area (Å²) in [5.74, 6) is -2.14. The largest absolute Gasteiger partial charge is 0.480 e. The molecule has 6 heteroatoms. The summed E-state index contributed by atoms with van der Waals surface area (Å²) in [7, 11) is 0. The molecule has 1 atom stereocenters. The quantitative estimate of drug-likeness (QED) is 0.761. The lowest BCUT2D eigenvalue weighted by Crippen LogP contribution is -2.31. The average Bonchev–Trinajstić information content (AvgIpc) is 2.49. The van der Waals surface area contributed by atoms with E-state index in [1.54, 1.807) is 0 Å². The minimum absolute atomic E-state index is 0.0377. The Labute approximate surface area is 132 Å². The molecule has 0 fully saturated rings. The van der Waals surface area contributed by atoms with Gasteiger partial charge < -0.3 is 15.5 Å². The van der Waals surface area contributed by atoms with Gasteiger partial charge in [0.05, 0.1) is 16.3 Å². The second-order valence-electron chi connectivity index (χ2n) is 4.72. The van der Waals surface area contributed by atoms with Gasteiger partial charge in [-0.2, -0.15) is 0 Å². The highest BCUT2D eigenvalue weighted by Gasteiger charge is 2.19. The van der Waals surface area contributed by atoms with Crippen molar-refractivity contribution in [1.82, 2.24) is 0 Å². The molecule has 1 unspecified atom stereocenters. The van der Waals surface area contributed by atoms with Crippen molar-refractivity contribution in [3.05, 3.63) is 64.7 Å². The van der Waals surface area contributed by atoms with Crippen molar-refractivity contribution < 1.29 is 19.8 Å². The monoisotopic (exact) mass is 319 g/mol. The number of nitrogens with one attached hydrogen (secondary N) is 1. The van der Waals surface area contributed by atoms with Gasteiger partial charge in [-0.15, -0.1) is 0 Å². The van der Waals surface area contributed by atoms with Crippen molar-refractivity contribution in [2.75, 3.05) is 5.32 Å². The summed E-state index contributed by atoms with van der Waals surface area (Å²) in [6, 6.07) is 12.4. The summed E-state index contributed by atoms with van der Waals surface area (Å²) in [6.07, 6.45) is 0.254. The number of halogens is 1. The van der Waals surface area contributed by atoms with Gasteiger partial charge in [0.1, 0.15) is 6.04 Å². The molecule has 0 saturated heterocycles. The van der Waals surface area contributed by atoms with Crippen molar-refractivity contribution in [1.29, 1.82) is 0 Å². The number of hydrogen-bond donors (Lipinski definition) is 3. The second kappa shape index (κ2) is 6.95. The van der Waals surface area contributed by atoms with Gasteiger partial charge in [0.25, 0.3) is 0 Å². The average molecular weight is 320 g/mol. The first kappa shape index (κ1) is 15.9. The maximum atomic E-state index is 11.4. The van der Waals surface area contributed by atoms with Crippen LogP contribution >= 0.6 is 11.6 Å². The molecule has 0 bridgehead atoms. The summed E-state index contributed by atoms with van der Waals surface area (Å²) in [4.78, 5) is 22.4. The predicted octanol–water partition coefficient (Wildman–Crippen LogP) is 3.15. The zero-order chi connectivity index (χ0) is 16.1. The molecule has 2 aromatic rings. The van der Waals surface area contributed by atoms with Crippen LogP contribution < -0.4 is 5.32 Å². The molecule has 0 amide bonds. The fourth-order valence-electron chi connectivity index (χ4n) is 2.01. The lowest BCUT2D eigenvalue weighted by atomic mass is 10.1. The SMILES string of the molecule is O=C(O)c1ccc(Cl)c(NC(Cc2ccccc2)C(=O)O)c1. The minimum atomic E-state index is -1.10. The number of anilines is 1. The summed E-state index contributed by atoms with van der Waals surface area (Å²) in [5, 5.41) is 21.4. The van der Waals surface area contributed by atoms with E-state index in [4.69, 9.17) is 16.7 Å². The Morgan fingerprint density at radius 2 is 1.77 bits per heavy atom. The van der Waals surface area contributed by atoms with Crippen molar-refractivity contribution in [3.8, 4) is 0 Å². The summed E-state index contributed by atoms with van der Waals surface area (Å²) in [6.45, 7) is 0. The van der Waals surface area contributed by atoms with Gasteiger partial charge in [0, 0.05) is 6.42 Å². The zero-order valence-electron chi connectivity index (χ0n) is 11.5. The van der Waals surface area contributed by atoms with E-state index in [1.807, 2.05) is 30.3 Å². The van der Waals surface area contributed by atoms with E-state index < -0.39 is 18.0 Å². The van der Waals surface area contributed by atoms with Crippen molar-refractivity contribution in [2.24, 2.45) is 0 Å². The first-order chi connectivity index (χ1) is 10.5. The molecule has 0 aliphatic rings. The fraction of sp³-hybridized carbons (Fsp3) is 0.125. The Morgan fingerprint density at radius 3 is 2.36 bits per heavy atom.